The third-order valence-corrected chi connectivity index (χ3v) is 5.38. The first-order chi connectivity index (χ1) is 13.2. The van der Waals surface area contributed by atoms with Gasteiger partial charge >= 0.3 is 0 Å². The maximum atomic E-state index is 12.8. The number of likely N-dealkylation sites (tertiary alicyclic amines) is 1. The van der Waals surface area contributed by atoms with E-state index in [0.29, 0.717) is 37.1 Å². The normalized spacial score (nSPS) is 27.2. The van der Waals surface area contributed by atoms with E-state index < -0.39 is 6.04 Å². The molecule has 0 spiro atoms. The first-order valence-corrected chi connectivity index (χ1v) is 9.66. The predicted molar refractivity (Wildman–Crippen MR) is 104 cm³/mol. The van der Waals surface area contributed by atoms with Crippen molar-refractivity contribution >= 4 is 23.6 Å². The third-order valence-electron chi connectivity index (χ3n) is 5.38. The van der Waals surface area contributed by atoms with Crippen molar-refractivity contribution in [2.24, 2.45) is 10.6 Å². The van der Waals surface area contributed by atoms with Gasteiger partial charge in [-0.3, -0.25) is 14.4 Å². The van der Waals surface area contributed by atoms with Crippen LogP contribution in [0.4, 0.5) is 0 Å². The van der Waals surface area contributed by atoms with E-state index in [0.717, 1.165) is 0 Å². The molecule has 3 rings (SSSR count). The Hall–Kier alpha value is -2.64. The molecule has 1 fully saturated rings. The highest BCUT2D eigenvalue weighted by molar-refractivity contribution is 6.03. The highest BCUT2D eigenvalue weighted by Gasteiger charge is 2.41. The van der Waals surface area contributed by atoms with Crippen LogP contribution >= 0.6 is 0 Å². The largest absolute Gasteiger partial charge is 0.390 e. The molecule has 2 aliphatic heterocycles. The van der Waals surface area contributed by atoms with E-state index in [1.165, 1.54) is 0 Å². The molecule has 0 aromatic heterocycles. The fourth-order valence-electron chi connectivity index (χ4n) is 3.64. The quantitative estimate of drug-likeness (QED) is 0.760. The molecule has 3 atom stereocenters. The maximum Gasteiger partial charge on any atom is 0.250 e. The topological polar surface area (TPSA) is 100 Å². The molecular formula is C20H28N4O4. The van der Waals surface area contributed by atoms with Crippen molar-refractivity contribution in [3.8, 4) is 0 Å². The second kappa shape index (κ2) is 7.77. The van der Waals surface area contributed by atoms with E-state index in [9.17, 15) is 14.4 Å². The Kier molecular flexibility index (Phi) is 5.58. The molecule has 3 amide bonds. The molecule has 0 saturated carbocycles. The van der Waals surface area contributed by atoms with Crippen LogP contribution in [0.3, 0.4) is 0 Å². The highest BCUT2D eigenvalue weighted by atomic mass is 16.6. The van der Waals surface area contributed by atoms with Crippen molar-refractivity contribution in [3.05, 3.63) is 23.8 Å². The first-order valence-electron chi connectivity index (χ1n) is 9.66. The minimum atomic E-state index is -0.548. The summed E-state index contributed by atoms with van der Waals surface area (Å²) in [5.41, 5.74) is 0.490. The SMILES string of the molecule is CNC(=O)C1=CCC(N2C(=O)CC[C@H]2C(=O)NC2=NOC(C(C)(C)C)C2)C=C1. The lowest BCUT2D eigenvalue weighted by Crippen LogP contribution is -2.50. The third kappa shape index (κ3) is 4.10. The number of hydrogen-bond acceptors (Lipinski definition) is 5. The summed E-state index contributed by atoms with van der Waals surface area (Å²) in [5, 5.41) is 9.42. The van der Waals surface area contributed by atoms with E-state index in [-0.39, 0.29) is 35.3 Å². The number of amidine groups is 1. The van der Waals surface area contributed by atoms with Crippen LogP contribution in [-0.2, 0) is 19.2 Å². The van der Waals surface area contributed by atoms with Crippen LogP contribution in [0.25, 0.3) is 0 Å². The minimum absolute atomic E-state index is 0.0521. The van der Waals surface area contributed by atoms with Gasteiger partial charge in [0.2, 0.25) is 11.8 Å². The summed E-state index contributed by atoms with van der Waals surface area (Å²) >= 11 is 0. The fourth-order valence-corrected chi connectivity index (χ4v) is 3.64. The number of nitrogens with one attached hydrogen (secondary N) is 2. The van der Waals surface area contributed by atoms with Crippen LogP contribution in [0.2, 0.25) is 0 Å². The van der Waals surface area contributed by atoms with Crippen molar-refractivity contribution in [1.82, 2.24) is 15.5 Å². The van der Waals surface area contributed by atoms with Crippen LogP contribution in [0.1, 0.15) is 46.5 Å². The lowest BCUT2D eigenvalue weighted by Gasteiger charge is -2.31. The standard InChI is InChI=1S/C20H28N4O4/c1-20(2,3)15-11-16(23-28-15)22-19(27)14-9-10-17(25)24(14)13-7-5-12(6-8-13)18(26)21-4/h5-7,13-15H,8-11H2,1-4H3,(H,21,26)(H,22,23,27)/t13?,14-,15?/m0/s1. The number of rotatable bonds is 3. The van der Waals surface area contributed by atoms with Gasteiger partial charge in [-0.2, -0.15) is 0 Å². The lowest BCUT2D eigenvalue weighted by atomic mass is 9.87. The summed E-state index contributed by atoms with van der Waals surface area (Å²) in [6.07, 6.45) is 7.09. The van der Waals surface area contributed by atoms with Crippen molar-refractivity contribution in [2.45, 2.75) is 64.6 Å². The van der Waals surface area contributed by atoms with Gasteiger partial charge in [0, 0.05) is 30.9 Å². The van der Waals surface area contributed by atoms with E-state index in [1.807, 2.05) is 6.08 Å². The molecule has 0 radical (unpaired) electrons. The van der Waals surface area contributed by atoms with Gasteiger partial charge in [0.05, 0.1) is 6.04 Å². The van der Waals surface area contributed by atoms with Gasteiger partial charge in [-0.05, 0) is 12.8 Å². The Bertz CT molecular complexity index is 763. The van der Waals surface area contributed by atoms with Crippen LogP contribution in [0.15, 0.2) is 29.0 Å². The second-order valence-electron chi connectivity index (χ2n) is 8.45. The van der Waals surface area contributed by atoms with Gasteiger partial charge in [0.1, 0.15) is 12.1 Å². The van der Waals surface area contributed by atoms with Gasteiger partial charge < -0.3 is 20.4 Å². The molecule has 2 heterocycles. The Morgan fingerprint density at radius 1 is 1.32 bits per heavy atom. The number of amides is 3. The molecule has 0 bridgehead atoms. The molecule has 1 aliphatic carbocycles. The number of carbonyl (C=O) groups is 3. The van der Waals surface area contributed by atoms with Crippen molar-refractivity contribution in [3.63, 3.8) is 0 Å². The Morgan fingerprint density at radius 2 is 2.07 bits per heavy atom. The molecule has 2 N–H and O–H groups in total. The van der Waals surface area contributed by atoms with Crippen molar-refractivity contribution < 1.29 is 19.2 Å². The number of oxime groups is 1. The first kappa shape index (κ1) is 20.1. The molecule has 1 saturated heterocycles. The molecule has 2 unspecified atom stereocenters. The average Bonchev–Trinajstić information content (AvgIpc) is 3.27. The summed E-state index contributed by atoms with van der Waals surface area (Å²) in [7, 11) is 1.58. The van der Waals surface area contributed by atoms with E-state index in [4.69, 9.17) is 4.84 Å². The predicted octanol–water partition coefficient (Wildman–Crippen LogP) is 1.24. The number of likely N-dealkylation sites (N-methyl/N-ethyl adjacent to an activating group) is 1. The summed E-state index contributed by atoms with van der Waals surface area (Å²) in [4.78, 5) is 44.1. The minimum Gasteiger partial charge on any atom is -0.390 e. The van der Waals surface area contributed by atoms with Crippen LogP contribution in [0.5, 0.6) is 0 Å². The van der Waals surface area contributed by atoms with E-state index in [2.05, 4.69) is 36.6 Å². The Morgan fingerprint density at radius 3 is 2.64 bits per heavy atom. The lowest BCUT2D eigenvalue weighted by molar-refractivity contribution is -0.136. The zero-order valence-corrected chi connectivity index (χ0v) is 16.8. The van der Waals surface area contributed by atoms with E-state index >= 15 is 0 Å². The molecule has 152 valence electrons. The number of carbonyl (C=O) groups excluding carboxylic acids is 3. The summed E-state index contributed by atoms with van der Waals surface area (Å²) in [6, 6.07) is -0.781. The summed E-state index contributed by atoms with van der Waals surface area (Å²) < 4.78 is 0. The summed E-state index contributed by atoms with van der Waals surface area (Å²) in [5.74, 6) is 0.0515. The van der Waals surface area contributed by atoms with Gasteiger partial charge in [0.15, 0.2) is 5.84 Å². The number of nitrogens with zero attached hydrogens (tertiary/aromatic N) is 2. The number of hydrogen-bond donors (Lipinski definition) is 2. The highest BCUT2D eigenvalue weighted by Crippen LogP contribution is 2.29. The van der Waals surface area contributed by atoms with Gasteiger partial charge in [-0.1, -0.05) is 44.2 Å². The fraction of sp³-hybridized carbons (Fsp3) is 0.600. The van der Waals surface area contributed by atoms with Gasteiger partial charge in [-0.15, -0.1) is 0 Å². The maximum absolute atomic E-state index is 12.8. The second-order valence-corrected chi connectivity index (χ2v) is 8.45. The van der Waals surface area contributed by atoms with Crippen LogP contribution in [0, 0.1) is 5.41 Å². The van der Waals surface area contributed by atoms with E-state index in [1.54, 1.807) is 24.1 Å². The van der Waals surface area contributed by atoms with Gasteiger partial charge in [-0.25, -0.2) is 0 Å². The molecule has 28 heavy (non-hydrogen) atoms. The van der Waals surface area contributed by atoms with Crippen LogP contribution in [-0.4, -0.2) is 53.7 Å². The summed E-state index contributed by atoms with van der Waals surface area (Å²) in [6.45, 7) is 6.18. The molecule has 8 nitrogen and oxygen atoms in total. The molecule has 0 aromatic carbocycles. The molecular weight excluding hydrogens is 360 g/mol. The molecule has 8 heteroatoms. The molecule has 3 aliphatic rings. The van der Waals surface area contributed by atoms with Crippen molar-refractivity contribution in [1.29, 1.82) is 0 Å². The Balaban J connectivity index is 1.63. The molecule has 0 aromatic rings. The monoisotopic (exact) mass is 388 g/mol. The average molecular weight is 388 g/mol. The zero-order valence-electron chi connectivity index (χ0n) is 16.8. The van der Waals surface area contributed by atoms with Crippen LogP contribution < -0.4 is 10.6 Å². The van der Waals surface area contributed by atoms with Crippen molar-refractivity contribution in [2.75, 3.05) is 7.05 Å². The smallest absolute Gasteiger partial charge is 0.250 e. The van der Waals surface area contributed by atoms with Gasteiger partial charge in [0.25, 0.3) is 5.91 Å². The Labute approximate surface area is 165 Å². The zero-order chi connectivity index (χ0) is 20.5.